The fourth-order valence-corrected chi connectivity index (χ4v) is 3.59. The molecule has 1 N–H and O–H groups in total. The van der Waals surface area contributed by atoms with Crippen LogP contribution in [0.3, 0.4) is 0 Å². The molecule has 154 valence electrons. The van der Waals surface area contributed by atoms with Crippen molar-refractivity contribution in [1.82, 2.24) is 24.6 Å². The maximum Gasteiger partial charge on any atom is 0.264 e. The van der Waals surface area contributed by atoms with Gasteiger partial charge in [0.25, 0.3) is 5.56 Å². The Morgan fingerprint density at radius 2 is 1.86 bits per heavy atom. The minimum Gasteiger partial charge on any atom is -0.354 e. The molecule has 3 rings (SSSR count). The maximum absolute atomic E-state index is 12.8. The molecule has 29 heavy (non-hydrogen) atoms. The molecule has 0 spiro atoms. The quantitative estimate of drug-likeness (QED) is 0.572. The van der Waals surface area contributed by atoms with Crippen LogP contribution in [-0.2, 0) is 17.9 Å². The number of hydrogen-bond acceptors (Lipinski definition) is 4. The summed E-state index contributed by atoms with van der Waals surface area (Å²) in [5.74, 6) is 0.172. The van der Waals surface area contributed by atoms with Crippen LogP contribution in [0.2, 0.25) is 0 Å². The fourth-order valence-electron chi connectivity index (χ4n) is 3.59. The van der Waals surface area contributed by atoms with Crippen molar-refractivity contribution < 1.29 is 4.79 Å². The van der Waals surface area contributed by atoms with Crippen molar-refractivity contribution in [2.45, 2.75) is 52.6 Å². The van der Waals surface area contributed by atoms with Gasteiger partial charge in [0.15, 0.2) is 5.65 Å². The molecule has 0 aliphatic heterocycles. The monoisotopic (exact) mass is 395 g/mol. The van der Waals surface area contributed by atoms with E-state index in [0.717, 1.165) is 31.2 Å². The van der Waals surface area contributed by atoms with E-state index in [0.29, 0.717) is 30.7 Å². The van der Waals surface area contributed by atoms with Crippen LogP contribution in [-0.4, -0.2) is 31.8 Å². The van der Waals surface area contributed by atoms with Crippen LogP contribution >= 0.6 is 0 Å². The Balaban J connectivity index is 1.66. The Hall–Kier alpha value is -2.96. The van der Waals surface area contributed by atoms with Crippen LogP contribution < -0.4 is 10.9 Å². The van der Waals surface area contributed by atoms with Crippen LogP contribution in [0.25, 0.3) is 11.0 Å². The number of fused-ring (bicyclic) bond motifs is 1. The molecule has 0 unspecified atom stereocenters. The summed E-state index contributed by atoms with van der Waals surface area (Å²) in [6.07, 6.45) is 6.94. The number of carbonyl (C=O) groups is 1. The zero-order valence-electron chi connectivity index (χ0n) is 17.2. The van der Waals surface area contributed by atoms with Gasteiger partial charge >= 0.3 is 0 Å². The minimum absolute atomic E-state index is 0.0719. The van der Waals surface area contributed by atoms with Crippen molar-refractivity contribution >= 4 is 16.9 Å². The van der Waals surface area contributed by atoms with Crippen molar-refractivity contribution in [3.63, 3.8) is 0 Å². The number of nitrogens with one attached hydrogen (secondary N) is 1. The Morgan fingerprint density at radius 3 is 2.55 bits per heavy atom. The smallest absolute Gasteiger partial charge is 0.264 e. The normalized spacial score (nSPS) is 11.3. The molecule has 1 amide bonds. The van der Waals surface area contributed by atoms with E-state index in [1.165, 1.54) is 0 Å². The first-order valence-electron chi connectivity index (χ1n) is 10.4. The highest BCUT2D eigenvalue weighted by molar-refractivity contribution is 5.78. The van der Waals surface area contributed by atoms with Crippen molar-refractivity contribution in [2.24, 2.45) is 5.92 Å². The van der Waals surface area contributed by atoms with Gasteiger partial charge in [0.2, 0.25) is 5.91 Å². The summed E-state index contributed by atoms with van der Waals surface area (Å²) < 4.78 is 3.27. The molecule has 0 aliphatic carbocycles. The molecule has 0 fully saturated rings. The molecule has 1 aromatic carbocycles. The summed E-state index contributed by atoms with van der Waals surface area (Å²) in [5, 5.41) is 7.80. The third-order valence-corrected chi connectivity index (χ3v) is 5.09. The van der Waals surface area contributed by atoms with E-state index in [9.17, 15) is 9.59 Å². The Kier molecular flexibility index (Phi) is 7.16. The highest BCUT2D eigenvalue weighted by Crippen LogP contribution is 2.13. The van der Waals surface area contributed by atoms with Crippen molar-refractivity contribution in [3.8, 4) is 0 Å². The highest BCUT2D eigenvalue weighted by atomic mass is 16.2. The topological polar surface area (TPSA) is 81.8 Å². The first-order chi connectivity index (χ1) is 14.1. The summed E-state index contributed by atoms with van der Waals surface area (Å²) in [7, 11) is 0. The highest BCUT2D eigenvalue weighted by Gasteiger charge is 2.16. The molecule has 0 atom stereocenters. The van der Waals surface area contributed by atoms with E-state index in [1.807, 2.05) is 30.3 Å². The third-order valence-electron chi connectivity index (χ3n) is 5.09. The summed E-state index contributed by atoms with van der Waals surface area (Å²) in [6, 6.07) is 9.80. The standard InChI is InChI=1S/C22H29N5O2/c1-3-8-18(9-4-2)21(28)23-12-13-27-20-19(14-25-27)22(29)26(16-24-20)15-17-10-6-5-7-11-17/h5-7,10-11,14,16,18H,3-4,8-9,12-13,15H2,1-2H3,(H,23,28). The van der Waals surface area contributed by atoms with Gasteiger partial charge in [0.1, 0.15) is 11.7 Å². The lowest BCUT2D eigenvalue weighted by atomic mass is 9.97. The second-order valence-corrected chi connectivity index (χ2v) is 7.33. The molecule has 3 aromatic rings. The van der Waals surface area contributed by atoms with Gasteiger partial charge in [0.05, 0.1) is 19.3 Å². The fraction of sp³-hybridized carbons (Fsp3) is 0.455. The second-order valence-electron chi connectivity index (χ2n) is 7.33. The van der Waals surface area contributed by atoms with E-state index < -0.39 is 0 Å². The Bertz CT molecular complexity index is 987. The Morgan fingerprint density at radius 1 is 1.14 bits per heavy atom. The molecule has 7 nitrogen and oxygen atoms in total. The first kappa shape index (κ1) is 20.8. The number of nitrogens with zero attached hydrogens (tertiary/aromatic N) is 4. The molecular formula is C22H29N5O2. The van der Waals surface area contributed by atoms with Crippen LogP contribution in [0.1, 0.15) is 45.1 Å². The number of rotatable bonds is 10. The van der Waals surface area contributed by atoms with Gasteiger partial charge in [-0.05, 0) is 18.4 Å². The number of amides is 1. The predicted octanol–water partition coefficient (Wildman–Crippen LogP) is 2.97. The number of hydrogen-bond donors (Lipinski definition) is 1. The van der Waals surface area contributed by atoms with E-state index in [4.69, 9.17) is 0 Å². The van der Waals surface area contributed by atoms with E-state index in [-0.39, 0.29) is 17.4 Å². The number of carbonyl (C=O) groups excluding carboxylic acids is 1. The third kappa shape index (κ3) is 5.10. The lowest BCUT2D eigenvalue weighted by Crippen LogP contribution is -2.33. The predicted molar refractivity (Wildman–Crippen MR) is 114 cm³/mol. The van der Waals surface area contributed by atoms with Gasteiger partial charge in [0, 0.05) is 12.5 Å². The van der Waals surface area contributed by atoms with E-state index in [2.05, 4.69) is 29.2 Å². The Labute approximate surface area is 170 Å². The molecule has 0 saturated heterocycles. The first-order valence-corrected chi connectivity index (χ1v) is 10.4. The summed E-state index contributed by atoms with van der Waals surface area (Å²) in [5.41, 5.74) is 1.48. The summed E-state index contributed by atoms with van der Waals surface area (Å²) >= 11 is 0. The zero-order valence-corrected chi connectivity index (χ0v) is 17.2. The molecule has 7 heteroatoms. The van der Waals surface area contributed by atoms with Crippen LogP contribution in [0, 0.1) is 5.92 Å². The maximum atomic E-state index is 12.8. The van der Waals surface area contributed by atoms with Crippen LogP contribution in [0.4, 0.5) is 0 Å². The molecule has 0 radical (unpaired) electrons. The van der Waals surface area contributed by atoms with E-state index >= 15 is 0 Å². The van der Waals surface area contributed by atoms with Gasteiger partial charge in [-0.2, -0.15) is 5.10 Å². The average molecular weight is 396 g/mol. The number of aromatic nitrogens is 4. The molecule has 0 saturated carbocycles. The molecular weight excluding hydrogens is 366 g/mol. The van der Waals surface area contributed by atoms with Crippen LogP contribution in [0.15, 0.2) is 47.7 Å². The van der Waals surface area contributed by atoms with Gasteiger partial charge < -0.3 is 5.32 Å². The summed E-state index contributed by atoms with van der Waals surface area (Å²) in [4.78, 5) is 29.6. The van der Waals surface area contributed by atoms with Gasteiger partial charge in [-0.15, -0.1) is 0 Å². The van der Waals surface area contributed by atoms with Gasteiger partial charge in [-0.1, -0.05) is 57.0 Å². The molecule has 2 aromatic heterocycles. The molecule has 0 aliphatic rings. The average Bonchev–Trinajstić information content (AvgIpc) is 3.14. The van der Waals surface area contributed by atoms with Gasteiger partial charge in [-0.3, -0.25) is 14.2 Å². The van der Waals surface area contributed by atoms with Crippen LogP contribution in [0.5, 0.6) is 0 Å². The lowest BCUT2D eigenvalue weighted by Gasteiger charge is -2.15. The SMILES string of the molecule is CCCC(CCC)C(=O)NCCn1ncc2c(=O)n(Cc3ccccc3)cnc21. The second kappa shape index (κ2) is 10.0. The summed E-state index contributed by atoms with van der Waals surface area (Å²) in [6.45, 7) is 5.62. The zero-order chi connectivity index (χ0) is 20.6. The molecule has 2 heterocycles. The minimum atomic E-state index is -0.111. The van der Waals surface area contributed by atoms with Crippen molar-refractivity contribution in [1.29, 1.82) is 0 Å². The molecule has 0 bridgehead atoms. The lowest BCUT2D eigenvalue weighted by molar-refractivity contribution is -0.125. The largest absolute Gasteiger partial charge is 0.354 e. The number of benzene rings is 1. The van der Waals surface area contributed by atoms with Crippen molar-refractivity contribution in [2.75, 3.05) is 6.54 Å². The van der Waals surface area contributed by atoms with Gasteiger partial charge in [-0.25, -0.2) is 9.67 Å². The van der Waals surface area contributed by atoms with E-state index in [1.54, 1.807) is 21.8 Å². The van der Waals surface area contributed by atoms with Crippen molar-refractivity contribution in [3.05, 3.63) is 58.8 Å².